The van der Waals surface area contributed by atoms with Crippen molar-refractivity contribution in [3.05, 3.63) is 0 Å². The molecule has 0 aliphatic heterocycles. The molecule has 0 radical (unpaired) electrons. The molecule has 0 atom stereocenters. The predicted molar refractivity (Wildman–Crippen MR) is 212 cm³/mol. The molecule has 48 heavy (non-hydrogen) atoms. The first kappa shape index (κ1) is 53.7. The fourth-order valence-corrected chi connectivity index (χ4v) is 7.48. The van der Waals surface area contributed by atoms with Gasteiger partial charge in [0.2, 0.25) is 0 Å². The average molecular weight is 905 g/mol. The standard InChI is InChI=1S/C44H94N2.2HI/c1-7-9-11-13-15-17-25-29-33-37-41-45(3,4)43-39-35-31-27-23-21-19-20-22-24-28-32-36-40-44-46(5,6)42-38-34-30-26-18-16-14-12-10-8-2;;/h7-44H2,1-6H3;2*1H/q+2;;/p-2. The molecule has 0 fully saturated rings. The maximum Gasteiger partial charge on any atom is 0.0782 e. The molecule has 0 unspecified atom stereocenters. The van der Waals surface area contributed by atoms with E-state index in [1.807, 2.05) is 0 Å². The first-order valence-electron chi connectivity index (χ1n) is 22.0. The summed E-state index contributed by atoms with van der Waals surface area (Å²) in [6, 6.07) is 0. The maximum absolute atomic E-state index is 2.47. The number of hydrogen-bond donors (Lipinski definition) is 0. The van der Waals surface area contributed by atoms with Gasteiger partial charge in [-0.15, -0.1) is 0 Å². The van der Waals surface area contributed by atoms with E-state index < -0.39 is 0 Å². The van der Waals surface area contributed by atoms with Gasteiger partial charge >= 0.3 is 0 Å². The van der Waals surface area contributed by atoms with Gasteiger partial charge in [0.05, 0.1) is 54.4 Å². The normalized spacial score (nSPS) is 11.9. The lowest BCUT2D eigenvalue weighted by Gasteiger charge is -2.30. The third-order valence-electron chi connectivity index (χ3n) is 11.0. The SMILES string of the molecule is CCCCCCCCCCCC[N+](C)(C)CCCCCCCCCCCCCCCC[N+](C)(C)CCCCCCCCCCCC.[I-].[I-]. The average Bonchev–Trinajstić information content (AvgIpc) is 3.02. The summed E-state index contributed by atoms with van der Waals surface area (Å²) in [6.07, 6.45) is 49.5. The smallest absolute Gasteiger partial charge is 0.0782 e. The van der Waals surface area contributed by atoms with Crippen molar-refractivity contribution in [3.8, 4) is 0 Å². The topological polar surface area (TPSA) is 0 Å². The van der Waals surface area contributed by atoms with Crippen LogP contribution in [-0.2, 0) is 0 Å². The molecule has 0 heterocycles. The lowest BCUT2D eigenvalue weighted by Crippen LogP contribution is -3.00. The van der Waals surface area contributed by atoms with E-state index in [4.69, 9.17) is 0 Å². The van der Waals surface area contributed by atoms with Crippen LogP contribution in [0.1, 0.15) is 232 Å². The van der Waals surface area contributed by atoms with E-state index in [1.54, 1.807) is 0 Å². The second kappa shape index (κ2) is 41.1. The van der Waals surface area contributed by atoms with E-state index in [1.165, 1.54) is 253 Å². The molecule has 294 valence electrons. The molecule has 0 bridgehead atoms. The molecule has 0 spiro atoms. The van der Waals surface area contributed by atoms with Gasteiger partial charge in [0.15, 0.2) is 0 Å². The number of rotatable bonds is 39. The zero-order chi connectivity index (χ0) is 33.9. The molecule has 0 amide bonds. The number of halogens is 2. The highest BCUT2D eigenvalue weighted by atomic mass is 127. The van der Waals surface area contributed by atoms with Gasteiger partial charge in [0.25, 0.3) is 0 Å². The van der Waals surface area contributed by atoms with Crippen molar-refractivity contribution in [1.29, 1.82) is 0 Å². The monoisotopic (exact) mass is 905 g/mol. The van der Waals surface area contributed by atoms with Crippen LogP contribution in [0.3, 0.4) is 0 Å². The van der Waals surface area contributed by atoms with Gasteiger partial charge in [-0.3, -0.25) is 0 Å². The predicted octanol–water partition coefficient (Wildman–Crippen LogP) is 8.45. The number of unbranched alkanes of at least 4 members (excludes halogenated alkanes) is 31. The molecule has 0 saturated heterocycles. The summed E-state index contributed by atoms with van der Waals surface area (Å²) in [4.78, 5) is 0. The van der Waals surface area contributed by atoms with Crippen LogP contribution in [0.4, 0.5) is 0 Å². The Bertz CT molecular complexity index is 530. The summed E-state index contributed by atoms with van der Waals surface area (Å²) in [6.45, 7) is 10.2. The van der Waals surface area contributed by atoms with Gasteiger partial charge in [0.1, 0.15) is 0 Å². The molecule has 0 saturated carbocycles. The highest BCUT2D eigenvalue weighted by molar-refractivity contribution is 4.52. The molecule has 2 nitrogen and oxygen atoms in total. The van der Waals surface area contributed by atoms with Crippen LogP contribution in [0.15, 0.2) is 0 Å². The van der Waals surface area contributed by atoms with Crippen LogP contribution in [0.2, 0.25) is 0 Å². The Kier molecular flexibility index (Phi) is 46.1. The zero-order valence-corrected chi connectivity index (χ0v) is 38.8. The maximum atomic E-state index is 2.47. The number of hydrogen-bond acceptors (Lipinski definition) is 0. The number of quaternary nitrogens is 2. The van der Waals surface area contributed by atoms with Crippen molar-refractivity contribution in [3.63, 3.8) is 0 Å². The lowest BCUT2D eigenvalue weighted by molar-refractivity contribution is -0.890. The lowest BCUT2D eigenvalue weighted by atomic mass is 10.0. The van der Waals surface area contributed by atoms with Gasteiger partial charge in [-0.1, -0.05) is 181 Å². The van der Waals surface area contributed by atoms with Crippen LogP contribution in [0.5, 0.6) is 0 Å². The summed E-state index contributed by atoms with van der Waals surface area (Å²) in [5.74, 6) is 0. The van der Waals surface area contributed by atoms with E-state index in [-0.39, 0.29) is 48.0 Å². The Labute approximate surface area is 341 Å². The fraction of sp³-hybridized carbons (Fsp3) is 1.00. The summed E-state index contributed by atoms with van der Waals surface area (Å²) < 4.78 is 2.49. The third-order valence-corrected chi connectivity index (χ3v) is 11.0. The van der Waals surface area contributed by atoms with Crippen LogP contribution < -0.4 is 48.0 Å². The van der Waals surface area contributed by atoms with Crippen molar-refractivity contribution in [2.75, 3.05) is 54.4 Å². The van der Waals surface area contributed by atoms with Crippen molar-refractivity contribution in [2.45, 2.75) is 232 Å². The van der Waals surface area contributed by atoms with Gasteiger partial charge in [-0.25, -0.2) is 0 Å². The van der Waals surface area contributed by atoms with Gasteiger partial charge in [-0.05, 0) is 51.4 Å². The van der Waals surface area contributed by atoms with Crippen LogP contribution in [0.25, 0.3) is 0 Å². The largest absolute Gasteiger partial charge is 1.00 e. The molecule has 4 heteroatoms. The third kappa shape index (κ3) is 43.5. The Morgan fingerprint density at radius 2 is 0.333 bits per heavy atom. The van der Waals surface area contributed by atoms with E-state index in [9.17, 15) is 0 Å². The molecule has 0 aliphatic rings. The first-order valence-corrected chi connectivity index (χ1v) is 22.0. The van der Waals surface area contributed by atoms with Crippen molar-refractivity contribution in [2.24, 2.45) is 0 Å². The minimum atomic E-state index is 0. The summed E-state index contributed by atoms with van der Waals surface area (Å²) in [5, 5.41) is 0. The minimum Gasteiger partial charge on any atom is -1.00 e. The van der Waals surface area contributed by atoms with Crippen LogP contribution >= 0.6 is 0 Å². The summed E-state index contributed by atoms with van der Waals surface area (Å²) in [5.41, 5.74) is 0. The molecule has 0 aromatic rings. The number of nitrogens with zero attached hydrogens (tertiary/aromatic N) is 2. The Morgan fingerprint density at radius 1 is 0.208 bits per heavy atom. The van der Waals surface area contributed by atoms with Crippen molar-refractivity contribution < 1.29 is 56.9 Å². The fourth-order valence-electron chi connectivity index (χ4n) is 7.48. The Morgan fingerprint density at radius 3 is 0.479 bits per heavy atom. The summed E-state index contributed by atoms with van der Waals surface area (Å²) >= 11 is 0. The van der Waals surface area contributed by atoms with Gasteiger partial charge in [-0.2, -0.15) is 0 Å². The van der Waals surface area contributed by atoms with Gasteiger partial charge in [0, 0.05) is 0 Å². The molecule has 0 aromatic heterocycles. The highest BCUT2D eigenvalue weighted by Crippen LogP contribution is 2.16. The minimum absolute atomic E-state index is 0. The van der Waals surface area contributed by atoms with Gasteiger partial charge < -0.3 is 56.9 Å². The molecular formula is C44H94I2N2. The molecule has 0 aromatic carbocycles. The van der Waals surface area contributed by atoms with Crippen LogP contribution in [-0.4, -0.2) is 63.3 Å². The molecule has 0 rings (SSSR count). The Balaban J connectivity index is -0.0000101. The van der Waals surface area contributed by atoms with Crippen LogP contribution in [0, 0.1) is 0 Å². The zero-order valence-electron chi connectivity index (χ0n) is 34.5. The molecule has 0 aliphatic carbocycles. The van der Waals surface area contributed by atoms with Crippen molar-refractivity contribution >= 4 is 0 Å². The van der Waals surface area contributed by atoms with E-state index >= 15 is 0 Å². The second-order valence-corrected chi connectivity index (χ2v) is 17.1. The van der Waals surface area contributed by atoms with E-state index in [0.29, 0.717) is 0 Å². The quantitative estimate of drug-likeness (QED) is 0.0331. The first-order chi connectivity index (χ1) is 22.3. The molecule has 0 N–H and O–H groups in total. The van der Waals surface area contributed by atoms with E-state index in [2.05, 4.69) is 42.0 Å². The molecular weight excluding hydrogens is 810 g/mol. The Hall–Kier alpha value is 1.38. The van der Waals surface area contributed by atoms with E-state index in [0.717, 1.165) is 0 Å². The highest BCUT2D eigenvalue weighted by Gasteiger charge is 2.14. The van der Waals surface area contributed by atoms with Crippen molar-refractivity contribution in [1.82, 2.24) is 0 Å². The second-order valence-electron chi connectivity index (χ2n) is 17.1. The summed E-state index contributed by atoms with van der Waals surface area (Å²) in [7, 11) is 9.87.